The van der Waals surface area contributed by atoms with E-state index in [1.54, 1.807) is 6.20 Å². The van der Waals surface area contributed by atoms with Crippen LogP contribution in [0.15, 0.2) is 48.7 Å². The van der Waals surface area contributed by atoms with Crippen LogP contribution in [-0.2, 0) is 16.8 Å². The minimum Gasteiger partial charge on any atom is -0.365 e. The summed E-state index contributed by atoms with van der Waals surface area (Å²) in [4.78, 5) is 23.8. The standard InChI is InChI=1S/C27H29ClN6O/c1-34-13-9-18(10-14-34)17-5-7-20(8-6-17)31-26-30-16-21(28)24(33-26)29-15-19-3-2-4-22-23(19)27(11-12-27)25(35)32-22/h2-8,16,18H,9-15H2,1H3,(H,32,35)(H2,29,30,31,33). The minimum atomic E-state index is -0.338. The molecule has 0 unspecified atom stereocenters. The van der Waals surface area contributed by atoms with Crippen molar-refractivity contribution in [2.24, 2.45) is 0 Å². The molecule has 3 heterocycles. The number of halogens is 1. The van der Waals surface area contributed by atoms with Gasteiger partial charge >= 0.3 is 0 Å². The summed E-state index contributed by atoms with van der Waals surface area (Å²) < 4.78 is 0. The molecule has 1 aliphatic carbocycles. The van der Waals surface area contributed by atoms with Gasteiger partial charge in [0, 0.05) is 17.9 Å². The van der Waals surface area contributed by atoms with Gasteiger partial charge in [-0.05, 0) is 86.6 Å². The fraction of sp³-hybridized carbons (Fsp3) is 0.370. The van der Waals surface area contributed by atoms with Gasteiger partial charge in [0.15, 0.2) is 5.82 Å². The van der Waals surface area contributed by atoms with Crippen molar-refractivity contribution in [1.82, 2.24) is 14.9 Å². The highest BCUT2D eigenvalue weighted by Gasteiger charge is 2.57. The van der Waals surface area contributed by atoms with Crippen LogP contribution in [0.5, 0.6) is 0 Å². The van der Waals surface area contributed by atoms with Crippen LogP contribution in [0.3, 0.4) is 0 Å². The number of benzene rings is 2. The van der Waals surface area contributed by atoms with Gasteiger partial charge in [-0.1, -0.05) is 35.9 Å². The van der Waals surface area contributed by atoms with Crippen LogP contribution >= 0.6 is 11.6 Å². The number of aromatic nitrogens is 2. The topological polar surface area (TPSA) is 82.2 Å². The van der Waals surface area contributed by atoms with Gasteiger partial charge in [-0.2, -0.15) is 4.98 Å². The van der Waals surface area contributed by atoms with Crippen LogP contribution < -0.4 is 16.0 Å². The Hall–Kier alpha value is -3.16. The molecule has 1 spiro atoms. The molecule has 1 saturated carbocycles. The lowest BCUT2D eigenvalue weighted by Gasteiger charge is -2.29. The lowest BCUT2D eigenvalue weighted by molar-refractivity contribution is -0.117. The second-order valence-electron chi connectivity index (χ2n) is 9.94. The molecule has 7 nitrogen and oxygen atoms in total. The van der Waals surface area contributed by atoms with Crippen molar-refractivity contribution >= 4 is 40.6 Å². The quantitative estimate of drug-likeness (QED) is 0.438. The van der Waals surface area contributed by atoms with Crippen molar-refractivity contribution in [1.29, 1.82) is 0 Å². The van der Waals surface area contributed by atoms with Crippen LogP contribution in [0.2, 0.25) is 5.02 Å². The van der Waals surface area contributed by atoms with E-state index in [1.807, 2.05) is 12.1 Å². The first-order valence-electron chi connectivity index (χ1n) is 12.3. The Kier molecular flexibility index (Phi) is 5.61. The molecule has 2 aromatic carbocycles. The Morgan fingerprint density at radius 3 is 2.66 bits per heavy atom. The lowest BCUT2D eigenvalue weighted by Crippen LogP contribution is -2.29. The van der Waals surface area contributed by atoms with Gasteiger partial charge in [-0.15, -0.1) is 0 Å². The number of nitrogens with zero attached hydrogens (tertiary/aromatic N) is 3. The third-order valence-electron chi connectivity index (χ3n) is 7.61. The number of hydrogen-bond acceptors (Lipinski definition) is 6. The third kappa shape index (κ3) is 4.23. The fourth-order valence-electron chi connectivity index (χ4n) is 5.41. The highest BCUT2D eigenvalue weighted by molar-refractivity contribution is 6.32. The van der Waals surface area contributed by atoms with Gasteiger partial charge in [0.1, 0.15) is 5.02 Å². The number of carbonyl (C=O) groups is 1. The number of amides is 1. The second kappa shape index (κ2) is 8.81. The number of nitrogens with one attached hydrogen (secondary N) is 3. The van der Waals surface area contributed by atoms with Crippen LogP contribution in [0.25, 0.3) is 0 Å². The summed E-state index contributed by atoms with van der Waals surface area (Å²) in [7, 11) is 2.19. The number of piperidine rings is 1. The Balaban J connectivity index is 1.14. The number of hydrogen-bond donors (Lipinski definition) is 3. The SMILES string of the molecule is CN1CCC(c2ccc(Nc3ncc(Cl)c(NCc4cccc5c4C4(CC4)C(=O)N5)n3)cc2)CC1. The van der Waals surface area contributed by atoms with Crippen molar-refractivity contribution in [2.75, 3.05) is 36.1 Å². The molecule has 2 aliphatic heterocycles. The number of fused-ring (bicyclic) bond motifs is 2. The Bertz CT molecular complexity index is 1270. The summed E-state index contributed by atoms with van der Waals surface area (Å²) >= 11 is 6.41. The van der Waals surface area contributed by atoms with Crippen molar-refractivity contribution in [2.45, 2.75) is 43.6 Å². The average Bonchev–Trinajstić information content (AvgIpc) is 3.62. The molecule has 1 aromatic heterocycles. The molecule has 180 valence electrons. The molecule has 3 aliphatic rings. The van der Waals surface area contributed by atoms with E-state index in [0.717, 1.165) is 48.4 Å². The van der Waals surface area contributed by atoms with E-state index in [0.29, 0.717) is 29.3 Å². The van der Waals surface area contributed by atoms with Gasteiger partial charge in [0.05, 0.1) is 11.6 Å². The maximum absolute atomic E-state index is 12.5. The monoisotopic (exact) mass is 488 g/mol. The van der Waals surface area contributed by atoms with E-state index in [9.17, 15) is 4.79 Å². The smallest absolute Gasteiger partial charge is 0.235 e. The van der Waals surface area contributed by atoms with Crippen LogP contribution in [0.4, 0.5) is 23.1 Å². The molecule has 8 heteroatoms. The average molecular weight is 489 g/mol. The van der Waals surface area contributed by atoms with E-state index in [4.69, 9.17) is 11.6 Å². The van der Waals surface area contributed by atoms with Gasteiger partial charge in [-0.3, -0.25) is 4.79 Å². The van der Waals surface area contributed by atoms with Crippen LogP contribution in [0.1, 0.15) is 48.3 Å². The Morgan fingerprint density at radius 2 is 1.91 bits per heavy atom. The van der Waals surface area contributed by atoms with Crippen molar-refractivity contribution in [3.63, 3.8) is 0 Å². The second-order valence-corrected chi connectivity index (χ2v) is 10.4. The zero-order valence-corrected chi connectivity index (χ0v) is 20.5. The molecule has 0 atom stereocenters. The Morgan fingerprint density at radius 1 is 1.14 bits per heavy atom. The van der Waals surface area contributed by atoms with Crippen molar-refractivity contribution < 1.29 is 4.79 Å². The van der Waals surface area contributed by atoms with E-state index in [2.05, 4.69) is 68.2 Å². The van der Waals surface area contributed by atoms with Gasteiger partial charge in [-0.25, -0.2) is 4.98 Å². The molecule has 3 aromatic rings. The van der Waals surface area contributed by atoms with E-state index >= 15 is 0 Å². The first kappa shape index (κ1) is 22.3. The molecule has 0 radical (unpaired) electrons. The molecular weight excluding hydrogens is 460 g/mol. The fourth-order valence-corrected chi connectivity index (χ4v) is 5.57. The maximum atomic E-state index is 12.5. The third-order valence-corrected chi connectivity index (χ3v) is 7.89. The molecule has 3 N–H and O–H groups in total. The largest absolute Gasteiger partial charge is 0.365 e. The summed E-state index contributed by atoms with van der Waals surface area (Å²) in [6, 6.07) is 14.6. The summed E-state index contributed by atoms with van der Waals surface area (Å²) in [6.45, 7) is 2.83. The maximum Gasteiger partial charge on any atom is 0.235 e. The van der Waals surface area contributed by atoms with E-state index in [-0.39, 0.29) is 11.3 Å². The highest BCUT2D eigenvalue weighted by atomic mass is 35.5. The molecule has 1 saturated heterocycles. The summed E-state index contributed by atoms with van der Waals surface area (Å²) in [5.41, 5.74) is 5.12. The first-order valence-corrected chi connectivity index (χ1v) is 12.7. The molecule has 0 bridgehead atoms. The Labute approximate surface area is 210 Å². The van der Waals surface area contributed by atoms with Crippen LogP contribution in [-0.4, -0.2) is 40.9 Å². The molecule has 2 fully saturated rings. The summed E-state index contributed by atoms with van der Waals surface area (Å²) in [5.74, 6) is 1.79. The summed E-state index contributed by atoms with van der Waals surface area (Å²) in [5, 5.41) is 10.1. The molecular formula is C27H29ClN6O. The first-order chi connectivity index (χ1) is 17.0. The summed E-state index contributed by atoms with van der Waals surface area (Å²) in [6.07, 6.45) is 5.82. The predicted molar refractivity (Wildman–Crippen MR) is 140 cm³/mol. The zero-order valence-electron chi connectivity index (χ0n) is 19.8. The lowest BCUT2D eigenvalue weighted by atomic mass is 9.89. The predicted octanol–water partition coefficient (Wildman–Crippen LogP) is 5.28. The molecule has 1 amide bonds. The normalized spacial score (nSPS) is 18.9. The highest BCUT2D eigenvalue weighted by Crippen LogP contribution is 2.56. The number of likely N-dealkylation sites (tertiary alicyclic amines) is 1. The van der Waals surface area contributed by atoms with Crippen molar-refractivity contribution in [3.8, 4) is 0 Å². The zero-order chi connectivity index (χ0) is 24.0. The van der Waals surface area contributed by atoms with E-state index < -0.39 is 0 Å². The molecule has 6 rings (SSSR count). The van der Waals surface area contributed by atoms with Crippen molar-refractivity contribution in [3.05, 3.63) is 70.4 Å². The number of carbonyl (C=O) groups excluding carboxylic acids is 1. The molecule has 35 heavy (non-hydrogen) atoms. The number of rotatable bonds is 6. The van der Waals surface area contributed by atoms with Gasteiger partial charge in [0.2, 0.25) is 11.9 Å². The van der Waals surface area contributed by atoms with Gasteiger partial charge in [0.25, 0.3) is 0 Å². The number of anilines is 4. The minimum absolute atomic E-state index is 0.119. The van der Waals surface area contributed by atoms with E-state index in [1.165, 1.54) is 18.4 Å². The van der Waals surface area contributed by atoms with Crippen LogP contribution in [0, 0.1) is 0 Å². The van der Waals surface area contributed by atoms with Gasteiger partial charge < -0.3 is 20.9 Å².